The fourth-order valence-corrected chi connectivity index (χ4v) is 0.467. The number of carboxylic acid groups (broad SMARTS) is 1. The van der Waals surface area contributed by atoms with E-state index < -0.39 is 24.7 Å². The van der Waals surface area contributed by atoms with Gasteiger partial charge in [-0.15, -0.1) is 0 Å². The molecule has 0 saturated heterocycles. The Hall–Kier alpha value is -1.83. The van der Waals surface area contributed by atoms with Gasteiger partial charge >= 0.3 is 18.1 Å². The Balaban J connectivity index is 3.46. The molecule has 0 heterocycles. The molecule has 0 aromatic heterocycles. The Labute approximate surface area is 78.5 Å². The molecule has 80 valence electrons. The van der Waals surface area contributed by atoms with Crippen LogP contribution in [0.25, 0.3) is 0 Å². The molecule has 0 aromatic carbocycles. The van der Waals surface area contributed by atoms with E-state index in [-0.39, 0.29) is 13.0 Å². The van der Waals surface area contributed by atoms with E-state index in [1.807, 2.05) is 0 Å². The van der Waals surface area contributed by atoms with Gasteiger partial charge in [0.25, 0.3) is 0 Å². The van der Waals surface area contributed by atoms with Gasteiger partial charge in [-0.1, -0.05) is 0 Å². The topological polar surface area (TPSA) is 125 Å². The zero-order valence-electron chi connectivity index (χ0n) is 7.10. The van der Waals surface area contributed by atoms with Gasteiger partial charge in [-0.25, -0.2) is 9.59 Å². The van der Waals surface area contributed by atoms with E-state index >= 15 is 0 Å². The van der Waals surface area contributed by atoms with E-state index in [0.29, 0.717) is 0 Å². The number of ether oxygens (including phenoxy) is 2. The standard InChI is InChI=1S/C6H9NO7/c7-14-5(9)3-13-4(8)1-2-12-6(10)11/h1-3,7H2,(H,10,11). The van der Waals surface area contributed by atoms with Crippen LogP contribution in [0, 0.1) is 0 Å². The zero-order valence-corrected chi connectivity index (χ0v) is 7.10. The highest BCUT2D eigenvalue weighted by molar-refractivity contribution is 5.76. The minimum Gasteiger partial charge on any atom is -0.453 e. The summed E-state index contributed by atoms with van der Waals surface area (Å²) < 4.78 is 8.33. The van der Waals surface area contributed by atoms with Crippen molar-refractivity contribution >= 4 is 18.1 Å². The average Bonchev–Trinajstić information content (AvgIpc) is 2.13. The first kappa shape index (κ1) is 12.2. The van der Waals surface area contributed by atoms with Crippen LogP contribution in [0.1, 0.15) is 6.42 Å². The first-order valence-electron chi connectivity index (χ1n) is 3.47. The van der Waals surface area contributed by atoms with E-state index in [1.165, 1.54) is 0 Å². The summed E-state index contributed by atoms with van der Waals surface area (Å²) in [5, 5.41) is 8.02. The van der Waals surface area contributed by atoms with Crippen LogP contribution in [0.2, 0.25) is 0 Å². The minimum atomic E-state index is -1.49. The van der Waals surface area contributed by atoms with E-state index in [2.05, 4.69) is 20.2 Å². The molecule has 0 amide bonds. The Morgan fingerprint density at radius 2 is 1.79 bits per heavy atom. The molecule has 0 aliphatic rings. The molecule has 0 saturated carbocycles. The van der Waals surface area contributed by atoms with Crippen molar-refractivity contribution in [2.45, 2.75) is 6.42 Å². The third kappa shape index (κ3) is 6.85. The van der Waals surface area contributed by atoms with Gasteiger partial charge in [-0.05, 0) is 0 Å². The molecule has 0 fully saturated rings. The molecule has 0 aromatic rings. The fraction of sp³-hybridized carbons (Fsp3) is 0.500. The number of carbonyl (C=O) groups excluding carboxylic acids is 2. The zero-order chi connectivity index (χ0) is 11.0. The lowest BCUT2D eigenvalue weighted by Crippen LogP contribution is -2.20. The van der Waals surface area contributed by atoms with Gasteiger partial charge in [-0.3, -0.25) is 4.79 Å². The van der Waals surface area contributed by atoms with Gasteiger partial charge in [0.2, 0.25) is 0 Å². The molecule has 8 heteroatoms. The molecule has 0 atom stereocenters. The predicted molar refractivity (Wildman–Crippen MR) is 39.8 cm³/mol. The smallest absolute Gasteiger partial charge is 0.453 e. The lowest BCUT2D eigenvalue weighted by atomic mass is 10.5. The molecule has 0 radical (unpaired) electrons. The van der Waals surface area contributed by atoms with Crippen LogP contribution >= 0.6 is 0 Å². The molecule has 14 heavy (non-hydrogen) atoms. The molecule has 0 aliphatic carbocycles. The number of esters is 1. The van der Waals surface area contributed by atoms with Crippen molar-refractivity contribution < 1.29 is 33.8 Å². The van der Waals surface area contributed by atoms with Gasteiger partial charge in [0, 0.05) is 0 Å². The Bertz CT molecular complexity index is 226. The number of hydrogen-bond donors (Lipinski definition) is 2. The first-order chi connectivity index (χ1) is 6.56. The van der Waals surface area contributed by atoms with Crippen molar-refractivity contribution in [2.75, 3.05) is 13.2 Å². The van der Waals surface area contributed by atoms with Gasteiger partial charge in [0.1, 0.15) is 6.61 Å². The molecule has 0 rings (SSSR count). The van der Waals surface area contributed by atoms with E-state index in [9.17, 15) is 14.4 Å². The number of rotatable bonds is 5. The fourth-order valence-electron chi connectivity index (χ4n) is 0.467. The lowest BCUT2D eigenvalue weighted by Gasteiger charge is -2.02. The van der Waals surface area contributed by atoms with Crippen molar-refractivity contribution in [3.05, 3.63) is 0 Å². The quantitative estimate of drug-likeness (QED) is 0.435. The van der Waals surface area contributed by atoms with Crippen LogP contribution in [0.5, 0.6) is 0 Å². The highest BCUT2D eigenvalue weighted by Gasteiger charge is 2.08. The van der Waals surface area contributed by atoms with Crippen LogP contribution in [0.4, 0.5) is 4.79 Å². The minimum absolute atomic E-state index is 0.274. The Morgan fingerprint density at radius 1 is 1.14 bits per heavy atom. The highest BCUT2D eigenvalue weighted by atomic mass is 16.7. The summed E-state index contributed by atoms with van der Waals surface area (Å²) in [4.78, 5) is 34.6. The van der Waals surface area contributed by atoms with Crippen LogP contribution in [-0.4, -0.2) is 36.4 Å². The molecule has 0 aliphatic heterocycles. The van der Waals surface area contributed by atoms with Gasteiger partial charge in [-0.2, -0.15) is 5.90 Å². The maximum atomic E-state index is 10.7. The van der Waals surface area contributed by atoms with Crippen molar-refractivity contribution in [3.8, 4) is 0 Å². The van der Waals surface area contributed by atoms with Crippen molar-refractivity contribution in [2.24, 2.45) is 5.90 Å². The summed E-state index contributed by atoms with van der Waals surface area (Å²) in [5.74, 6) is 2.77. The molecule has 3 N–H and O–H groups in total. The largest absolute Gasteiger partial charge is 0.505 e. The maximum absolute atomic E-state index is 10.7. The predicted octanol–water partition coefficient (Wildman–Crippen LogP) is -0.969. The molecular formula is C6H9NO7. The van der Waals surface area contributed by atoms with Crippen molar-refractivity contribution in [1.82, 2.24) is 0 Å². The summed E-state index contributed by atoms with van der Waals surface area (Å²) >= 11 is 0. The molecular weight excluding hydrogens is 198 g/mol. The molecule has 0 unspecified atom stereocenters. The van der Waals surface area contributed by atoms with Crippen LogP contribution in [0.15, 0.2) is 0 Å². The molecule has 0 bridgehead atoms. The second-order valence-electron chi connectivity index (χ2n) is 2.01. The second-order valence-corrected chi connectivity index (χ2v) is 2.01. The van der Waals surface area contributed by atoms with Crippen molar-refractivity contribution in [3.63, 3.8) is 0 Å². The maximum Gasteiger partial charge on any atom is 0.505 e. The summed E-state index contributed by atoms with van der Waals surface area (Å²) in [6.07, 6.45) is -1.76. The van der Waals surface area contributed by atoms with Crippen LogP contribution < -0.4 is 5.90 Å². The number of hydrogen-bond acceptors (Lipinski definition) is 7. The monoisotopic (exact) mass is 207 g/mol. The van der Waals surface area contributed by atoms with E-state index in [0.717, 1.165) is 0 Å². The van der Waals surface area contributed by atoms with E-state index in [4.69, 9.17) is 5.11 Å². The lowest BCUT2D eigenvalue weighted by molar-refractivity contribution is -0.159. The first-order valence-corrected chi connectivity index (χ1v) is 3.47. The summed E-state index contributed by atoms with van der Waals surface area (Å²) in [7, 11) is 0. The normalized spacial score (nSPS) is 8.93. The Kier molecular flexibility index (Phi) is 5.79. The molecule has 8 nitrogen and oxygen atoms in total. The highest BCUT2D eigenvalue weighted by Crippen LogP contribution is 1.89. The van der Waals surface area contributed by atoms with E-state index in [1.54, 1.807) is 0 Å². The second kappa shape index (κ2) is 6.66. The van der Waals surface area contributed by atoms with Crippen LogP contribution in [0.3, 0.4) is 0 Å². The number of carbonyl (C=O) groups is 3. The Morgan fingerprint density at radius 3 is 2.29 bits per heavy atom. The average molecular weight is 207 g/mol. The third-order valence-electron chi connectivity index (χ3n) is 1.01. The summed E-state index contributed by atoms with van der Waals surface area (Å²) in [5.41, 5.74) is 0. The van der Waals surface area contributed by atoms with Gasteiger partial charge < -0.3 is 19.4 Å². The number of nitrogens with two attached hydrogens (primary N) is 1. The SMILES string of the molecule is NOC(=O)COC(=O)CCOC(=O)O. The molecule has 0 spiro atoms. The third-order valence-corrected chi connectivity index (χ3v) is 1.01. The van der Waals surface area contributed by atoms with Gasteiger partial charge in [0.15, 0.2) is 6.61 Å². The summed E-state index contributed by atoms with van der Waals surface area (Å²) in [6, 6.07) is 0. The van der Waals surface area contributed by atoms with Gasteiger partial charge in [0.05, 0.1) is 6.42 Å². The summed E-state index contributed by atoms with van der Waals surface area (Å²) in [6.45, 7) is -0.936. The van der Waals surface area contributed by atoms with Crippen LogP contribution in [-0.2, 0) is 23.9 Å². The van der Waals surface area contributed by atoms with Crippen molar-refractivity contribution in [1.29, 1.82) is 0 Å².